The number of aryl methyl sites for hydroxylation is 5. The molecule has 0 aliphatic carbocycles. The molecule has 46 heteroatoms. The van der Waals surface area contributed by atoms with Gasteiger partial charge in [-0.05, 0) is 91.6 Å². The predicted octanol–water partition coefficient (Wildman–Crippen LogP) is 9.33. The minimum absolute atomic E-state index is 0.0163. The van der Waals surface area contributed by atoms with Crippen LogP contribution in [0.4, 0.5) is 44.7 Å². The van der Waals surface area contributed by atoms with E-state index in [1.54, 1.807) is 81.7 Å². The molecule has 124 heavy (non-hydrogen) atoms. The second kappa shape index (κ2) is 41.8. The number of hydrogen-bond acceptors (Lipinski definition) is 29. The van der Waals surface area contributed by atoms with Crippen LogP contribution in [0.25, 0.3) is 45.6 Å². The molecular formula is C78H83F5N20O17S4. The number of carbonyl (C=O) groups is 4. The van der Waals surface area contributed by atoms with Gasteiger partial charge in [0.05, 0.1) is 127 Å². The summed E-state index contributed by atoms with van der Waals surface area (Å²) in [5.74, 6) is -3.85. The Morgan fingerprint density at radius 3 is 1.02 bits per heavy atom. The molecule has 0 radical (unpaired) electrons. The molecule has 4 aromatic carbocycles. The molecule has 0 bridgehead atoms. The molecule has 4 atom stereocenters. The molecule has 0 aliphatic rings. The van der Waals surface area contributed by atoms with Gasteiger partial charge in [0.1, 0.15) is 46.4 Å². The van der Waals surface area contributed by atoms with Crippen molar-refractivity contribution < 1.29 is 98.5 Å². The molecule has 656 valence electrons. The van der Waals surface area contributed by atoms with Crippen LogP contribution in [0, 0.1) is 12.9 Å². The van der Waals surface area contributed by atoms with Crippen LogP contribution < -0.4 is 23.6 Å². The van der Waals surface area contributed by atoms with E-state index in [2.05, 4.69) is 75.4 Å². The fraction of sp³-hybridized carbons (Fsp3) is 0.282. The van der Waals surface area contributed by atoms with Gasteiger partial charge in [-0.2, -0.15) is 4.39 Å². The van der Waals surface area contributed by atoms with E-state index in [1.807, 2.05) is 79.2 Å². The fourth-order valence-corrected chi connectivity index (χ4v) is 13.8. The minimum atomic E-state index is -3.72. The van der Waals surface area contributed by atoms with E-state index < -0.39 is 108 Å². The molecule has 37 nitrogen and oxygen atoms in total. The molecule has 8 aromatic heterocycles. The number of hydrogen-bond donors (Lipinski definition) is 4. The van der Waals surface area contributed by atoms with Crippen molar-refractivity contribution in [1.82, 2.24) is 79.9 Å². The first-order valence-electron chi connectivity index (χ1n) is 36.7. The van der Waals surface area contributed by atoms with Crippen molar-refractivity contribution in [3.63, 3.8) is 0 Å². The number of carbonyl (C=O) groups excluding carboxylic acids is 4. The number of aromatic nitrogens is 16. The lowest BCUT2D eigenvalue weighted by atomic mass is 10.1. The number of nitrogens with one attached hydrogen (secondary N) is 4. The van der Waals surface area contributed by atoms with Crippen molar-refractivity contribution in [3.8, 4) is 51.4 Å². The van der Waals surface area contributed by atoms with Crippen LogP contribution in [0.15, 0.2) is 176 Å². The SMILES string of the molecule is COc1nc(-c2nnn(C)c2CC(=O)O[C@@H](c2ccccc2)C(F)F)ccc1NS(C)(=O)=O.C[C@@H](OC(=O)Cc1c(-c2ccc(NS(C)(=O)=O)cn2)nnn1C)c1ccccc1.Cc1nc(-c2nnn(C)c2CC(=O)O[C@H](C)c2ccccc2)ccc1NS(C)(=O)=O.Cn1nnc(-c2ccc(NS(C)(=O)=O)c(F)n2)c1CC(=O)O[C@@H](c1ccccc1)C(F)F. The van der Waals surface area contributed by atoms with E-state index in [9.17, 15) is 74.8 Å². The molecule has 0 amide bonds. The average molecular weight is 1800 g/mol. The summed E-state index contributed by atoms with van der Waals surface area (Å²) in [6, 6.07) is 45.9. The van der Waals surface area contributed by atoms with Gasteiger partial charge in [0.15, 0.2) is 12.2 Å². The standard InChI is InChI=1S/C20H21F2N5O5S.C20H23N5O4S.C19H18F3N5O4S.C19H21N5O4S/c1-27-15(11-16(28)32-18(19(21)22)12-7-5-4-6-8-12)17(24-26-27)13-9-10-14(20(23-13)31-2)25-33(3,29)30;1-13-16(23-30(4,27)28)10-11-17(21-13)20-18(25(3)24-22-20)12-19(26)29-14(2)15-8-6-5-7-9-15;1-27-14(10-15(28)31-17(18(20)21)11-6-4-3-5-7-11)16(24-26-27)12-8-9-13(19(22)23-12)25-32(2,29)30;1-13(14-7-5-4-6-8-14)28-18(25)11-17-19(21-23-24(17)2)16-10-9-15(12-20-16)22-29(3,26)27/h4-10,18-19,25H,11H2,1-3H3;5-11,14,23H,12H2,1-4H3;3-9,17-18,25H,10H2,1-2H3;4-10,12-13,22H,11H2,1-3H3/t18-;14-;17-;13-/m0101/s1. The number of nitrogens with zero attached hydrogens (tertiary/aromatic N) is 16. The maximum absolute atomic E-state index is 14.2. The van der Waals surface area contributed by atoms with E-state index >= 15 is 0 Å². The molecule has 12 aromatic rings. The van der Waals surface area contributed by atoms with Crippen molar-refractivity contribution in [1.29, 1.82) is 0 Å². The molecule has 0 aliphatic heterocycles. The quantitative estimate of drug-likeness (QED) is 0.0136. The summed E-state index contributed by atoms with van der Waals surface area (Å²) >= 11 is 0. The monoisotopic (exact) mass is 1790 g/mol. The van der Waals surface area contributed by atoms with E-state index in [4.69, 9.17) is 23.7 Å². The molecule has 4 N–H and O–H groups in total. The van der Waals surface area contributed by atoms with Crippen LogP contribution in [-0.4, -0.2) is 182 Å². The van der Waals surface area contributed by atoms with Crippen LogP contribution in [0.1, 0.15) is 89.0 Å². The number of methoxy groups -OCH3 is 1. The van der Waals surface area contributed by atoms with Crippen LogP contribution in [0.5, 0.6) is 5.88 Å². The van der Waals surface area contributed by atoms with Crippen LogP contribution in [0.3, 0.4) is 0 Å². The molecule has 0 spiro atoms. The first kappa shape index (κ1) is 94.2. The van der Waals surface area contributed by atoms with Crippen molar-refractivity contribution >= 4 is 86.7 Å². The van der Waals surface area contributed by atoms with Gasteiger partial charge in [0.25, 0.3) is 12.9 Å². The Labute approximate surface area is 708 Å². The third-order valence-corrected chi connectivity index (χ3v) is 19.7. The number of anilines is 4. The summed E-state index contributed by atoms with van der Waals surface area (Å²) in [6.45, 7) is 5.31. The van der Waals surface area contributed by atoms with E-state index in [1.165, 1.54) is 88.6 Å². The minimum Gasteiger partial charge on any atom is -0.479 e. The molecule has 0 unspecified atom stereocenters. The lowest BCUT2D eigenvalue weighted by molar-refractivity contribution is -0.158. The van der Waals surface area contributed by atoms with Crippen molar-refractivity contribution in [2.45, 2.75) is 83.7 Å². The third kappa shape index (κ3) is 27.4. The Morgan fingerprint density at radius 2 is 0.694 bits per heavy atom. The normalized spacial score (nSPS) is 12.4. The van der Waals surface area contributed by atoms with Gasteiger partial charge in [0, 0.05) is 28.2 Å². The van der Waals surface area contributed by atoms with Crippen molar-refractivity contribution in [2.75, 3.05) is 51.0 Å². The molecule has 0 fully saturated rings. The second-order valence-electron chi connectivity index (χ2n) is 27.2. The number of esters is 4. The topological polar surface area (TPSA) is 474 Å². The maximum atomic E-state index is 14.2. The van der Waals surface area contributed by atoms with Gasteiger partial charge in [-0.1, -0.05) is 142 Å². The highest BCUT2D eigenvalue weighted by Gasteiger charge is 2.32. The van der Waals surface area contributed by atoms with Crippen LogP contribution >= 0.6 is 0 Å². The highest BCUT2D eigenvalue weighted by atomic mass is 32.2. The Hall–Kier alpha value is -13.6. The van der Waals surface area contributed by atoms with Crippen LogP contribution in [0.2, 0.25) is 0 Å². The highest BCUT2D eigenvalue weighted by Crippen LogP contribution is 2.33. The smallest absolute Gasteiger partial charge is 0.312 e. The Morgan fingerprint density at radius 1 is 0.387 bits per heavy atom. The summed E-state index contributed by atoms with van der Waals surface area (Å²) < 4.78 is 200. The summed E-state index contributed by atoms with van der Waals surface area (Å²) in [7, 11) is -6.45. The van der Waals surface area contributed by atoms with Gasteiger partial charge < -0.3 is 23.7 Å². The number of ether oxygens (including phenoxy) is 5. The third-order valence-electron chi connectivity index (χ3n) is 17.3. The molecule has 0 saturated carbocycles. The number of rotatable bonds is 31. The van der Waals surface area contributed by atoms with Gasteiger partial charge in [-0.3, -0.25) is 61.8 Å². The fourth-order valence-electron chi connectivity index (χ4n) is 11.5. The summed E-state index contributed by atoms with van der Waals surface area (Å²) in [5.41, 5.74) is 6.77. The molecule has 8 heterocycles. The Balaban J connectivity index is 0.000000188. The van der Waals surface area contributed by atoms with E-state index in [0.717, 1.165) is 42.2 Å². The number of alkyl halides is 4. The van der Waals surface area contributed by atoms with Gasteiger partial charge >= 0.3 is 23.9 Å². The Bertz CT molecular complexity index is 6210. The number of pyridine rings is 4. The Kier molecular flexibility index (Phi) is 31.7. The summed E-state index contributed by atoms with van der Waals surface area (Å²) in [6.07, 6.45) is -5.70. The average Bonchev–Trinajstić information content (AvgIpc) is 1.58. The van der Waals surface area contributed by atoms with Gasteiger partial charge in [-0.25, -0.2) is 66.2 Å². The zero-order valence-electron chi connectivity index (χ0n) is 68.2. The van der Waals surface area contributed by atoms with Gasteiger partial charge in [-0.15, -0.1) is 20.4 Å². The zero-order chi connectivity index (χ0) is 90.5. The van der Waals surface area contributed by atoms with E-state index in [0.29, 0.717) is 51.2 Å². The summed E-state index contributed by atoms with van der Waals surface area (Å²) in [5, 5.41) is 31.7. The predicted molar refractivity (Wildman–Crippen MR) is 441 cm³/mol. The molecule has 0 saturated heterocycles. The molecule has 12 rings (SSSR count). The number of benzene rings is 4. The zero-order valence-corrected chi connectivity index (χ0v) is 71.4. The largest absolute Gasteiger partial charge is 0.479 e. The van der Waals surface area contributed by atoms with Crippen molar-refractivity contribution in [3.05, 3.63) is 233 Å². The first-order chi connectivity index (χ1) is 58.5. The summed E-state index contributed by atoms with van der Waals surface area (Å²) in [4.78, 5) is 66.5. The number of halogens is 5. The second-order valence-corrected chi connectivity index (χ2v) is 34.2. The highest BCUT2D eigenvalue weighted by molar-refractivity contribution is 7.92. The van der Waals surface area contributed by atoms with Gasteiger partial charge in [0.2, 0.25) is 51.9 Å². The first-order valence-corrected chi connectivity index (χ1v) is 44.2. The lowest BCUT2D eigenvalue weighted by Crippen LogP contribution is -2.20. The van der Waals surface area contributed by atoms with E-state index in [-0.39, 0.29) is 87.6 Å². The molecular weight excluding hydrogens is 1710 g/mol. The van der Waals surface area contributed by atoms with Crippen molar-refractivity contribution in [2.24, 2.45) is 28.2 Å². The maximum Gasteiger partial charge on any atom is 0.312 e. The lowest BCUT2D eigenvalue weighted by Gasteiger charge is -2.17. The van der Waals surface area contributed by atoms with Crippen LogP contribution in [-0.2, 0) is 132 Å². The number of sulfonamides is 4.